The van der Waals surface area contributed by atoms with Crippen molar-refractivity contribution in [1.29, 1.82) is 0 Å². The van der Waals surface area contributed by atoms with E-state index in [-0.39, 0.29) is 0 Å². The summed E-state index contributed by atoms with van der Waals surface area (Å²) in [6.07, 6.45) is 0. The minimum Gasteiger partial charge on any atom is -0.143 e. The number of benzene rings is 2. The van der Waals surface area contributed by atoms with Crippen molar-refractivity contribution in [2.45, 2.75) is 9.79 Å². The van der Waals surface area contributed by atoms with Crippen molar-refractivity contribution < 1.29 is 0 Å². The van der Waals surface area contributed by atoms with E-state index in [1.807, 2.05) is 42.5 Å². The Kier molecular flexibility index (Phi) is 6.14. The van der Waals surface area contributed by atoms with Gasteiger partial charge in [-0.3, -0.25) is 0 Å². The maximum absolute atomic E-state index is 5.60. The third kappa shape index (κ3) is 5.71. The molecule has 0 radical (unpaired) electrons. The average Bonchev–Trinajstić information content (AvgIpc) is 2.23. The smallest absolute Gasteiger partial charge is 0.0417 e. The van der Waals surface area contributed by atoms with Crippen LogP contribution in [0.3, 0.4) is 0 Å². The van der Waals surface area contributed by atoms with E-state index in [0.29, 0.717) is 0 Å². The molecule has 4 heteroatoms. The summed E-state index contributed by atoms with van der Waals surface area (Å²) in [6.45, 7) is 0. The molecule has 0 N–H and O–H groups in total. The molecule has 0 amide bonds. The van der Waals surface area contributed by atoms with Crippen LogP contribution in [-0.4, -0.2) is 0 Å². The first kappa shape index (κ1) is 13.8. The van der Waals surface area contributed by atoms with Crippen molar-refractivity contribution >= 4 is 48.5 Å². The second-order valence-corrected chi connectivity index (χ2v) is 4.86. The molecule has 0 aliphatic heterocycles. The van der Waals surface area contributed by atoms with Gasteiger partial charge in [0.25, 0.3) is 0 Å². The van der Waals surface area contributed by atoms with Crippen LogP contribution >= 0.6 is 48.5 Å². The first-order valence-electron chi connectivity index (χ1n) is 4.47. The Morgan fingerprint density at radius 2 is 1.31 bits per heavy atom. The van der Waals surface area contributed by atoms with Crippen LogP contribution in [0.1, 0.15) is 0 Å². The van der Waals surface area contributed by atoms with E-state index in [4.69, 9.17) is 23.2 Å². The molecule has 0 atom stereocenters. The van der Waals surface area contributed by atoms with Crippen LogP contribution in [0.2, 0.25) is 10.0 Å². The molecular formula is C12H10Cl2S2. The number of hydrogen-bond acceptors (Lipinski definition) is 2. The Balaban J connectivity index is 0.000000160. The lowest BCUT2D eigenvalue weighted by Gasteiger charge is -1.87. The number of thiol groups is 2. The van der Waals surface area contributed by atoms with E-state index >= 15 is 0 Å². The summed E-state index contributed by atoms with van der Waals surface area (Å²) >= 11 is 19.3. The zero-order valence-electron chi connectivity index (χ0n) is 8.27. The zero-order chi connectivity index (χ0) is 12.0. The van der Waals surface area contributed by atoms with Gasteiger partial charge in [0.15, 0.2) is 0 Å². The van der Waals surface area contributed by atoms with Crippen LogP contribution in [0.4, 0.5) is 0 Å². The fraction of sp³-hybridized carbons (Fsp3) is 0. The van der Waals surface area contributed by atoms with Crippen LogP contribution in [0.5, 0.6) is 0 Å². The summed E-state index contributed by atoms with van der Waals surface area (Å²) in [5.41, 5.74) is 0. The Morgan fingerprint density at radius 3 is 1.69 bits per heavy atom. The van der Waals surface area contributed by atoms with E-state index in [9.17, 15) is 0 Å². The fourth-order valence-electron chi connectivity index (χ4n) is 0.917. The molecule has 2 aromatic rings. The molecule has 0 nitrogen and oxygen atoms in total. The number of halogens is 2. The summed E-state index contributed by atoms with van der Waals surface area (Å²) in [5, 5.41) is 1.49. The first-order valence-corrected chi connectivity index (χ1v) is 6.12. The maximum Gasteiger partial charge on any atom is 0.0417 e. The van der Waals surface area contributed by atoms with Crippen molar-refractivity contribution in [2.75, 3.05) is 0 Å². The van der Waals surface area contributed by atoms with Gasteiger partial charge < -0.3 is 0 Å². The summed E-state index contributed by atoms with van der Waals surface area (Å²) < 4.78 is 0. The molecule has 0 heterocycles. The fourth-order valence-corrected chi connectivity index (χ4v) is 1.68. The molecule has 0 saturated heterocycles. The first-order chi connectivity index (χ1) is 7.58. The standard InChI is InChI=1S/2C6H5ClS/c7-5-1-3-6(8)4-2-5;7-5-2-1-3-6(8)4-5/h2*1-4,8H. The van der Waals surface area contributed by atoms with Crippen LogP contribution in [0, 0.1) is 0 Å². The van der Waals surface area contributed by atoms with Gasteiger partial charge in [-0.15, -0.1) is 25.3 Å². The van der Waals surface area contributed by atoms with Gasteiger partial charge in [0.2, 0.25) is 0 Å². The van der Waals surface area contributed by atoms with E-state index < -0.39 is 0 Å². The highest BCUT2D eigenvalue weighted by molar-refractivity contribution is 7.80. The molecule has 0 aromatic heterocycles. The topological polar surface area (TPSA) is 0 Å². The van der Waals surface area contributed by atoms with Gasteiger partial charge in [0.1, 0.15) is 0 Å². The van der Waals surface area contributed by atoms with Gasteiger partial charge in [0.05, 0.1) is 0 Å². The third-order valence-electron chi connectivity index (χ3n) is 1.63. The Morgan fingerprint density at radius 1 is 0.688 bits per heavy atom. The molecule has 0 spiro atoms. The van der Waals surface area contributed by atoms with Crippen molar-refractivity contribution in [2.24, 2.45) is 0 Å². The maximum atomic E-state index is 5.60. The molecule has 0 saturated carbocycles. The molecule has 2 rings (SSSR count). The second kappa shape index (κ2) is 7.13. The highest BCUT2D eigenvalue weighted by Crippen LogP contribution is 2.12. The van der Waals surface area contributed by atoms with Gasteiger partial charge in [-0.2, -0.15) is 0 Å². The molecule has 0 bridgehead atoms. The molecule has 0 aliphatic carbocycles. The minimum absolute atomic E-state index is 0.734. The van der Waals surface area contributed by atoms with Crippen molar-refractivity contribution in [3.63, 3.8) is 0 Å². The average molecular weight is 289 g/mol. The van der Waals surface area contributed by atoms with E-state index in [1.54, 1.807) is 6.07 Å². The minimum atomic E-state index is 0.734. The van der Waals surface area contributed by atoms with Gasteiger partial charge in [0, 0.05) is 19.8 Å². The third-order valence-corrected chi connectivity index (χ3v) is 2.70. The zero-order valence-corrected chi connectivity index (χ0v) is 11.6. The van der Waals surface area contributed by atoms with Crippen LogP contribution < -0.4 is 0 Å². The van der Waals surface area contributed by atoms with Gasteiger partial charge in [-0.25, -0.2) is 0 Å². The van der Waals surface area contributed by atoms with Gasteiger partial charge in [-0.1, -0.05) is 29.3 Å². The predicted octanol–water partition coefficient (Wildman–Crippen LogP) is 5.26. The Hall–Kier alpha value is -0.280. The highest BCUT2D eigenvalue weighted by Gasteiger charge is 1.84. The monoisotopic (exact) mass is 288 g/mol. The molecule has 2 aromatic carbocycles. The Labute approximate surface area is 116 Å². The summed E-state index contributed by atoms with van der Waals surface area (Å²) in [6, 6.07) is 14.7. The van der Waals surface area contributed by atoms with E-state index in [2.05, 4.69) is 25.3 Å². The molecule has 16 heavy (non-hydrogen) atoms. The lowest BCUT2D eigenvalue weighted by atomic mass is 10.4. The lowest BCUT2D eigenvalue weighted by Crippen LogP contribution is -1.62. The van der Waals surface area contributed by atoms with Gasteiger partial charge in [-0.05, 0) is 42.5 Å². The molecule has 0 unspecified atom stereocenters. The van der Waals surface area contributed by atoms with Crippen molar-refractivity contribution in [3.05, 3.63) is 58.6 Å². The quantitative estimate of drug-likeness (QED) is 0.607. The van der Waals surface area contributed by atoms with Crippen LogP contribution in [0.15, 0.2) is 58.3 Å². The van der Waals surface area contributed by atoms with Crippen molar-refractivity contribution in [3.8, 4) is 0 Å². The number of hydrogen-bond donors (Lipinski definition) is 2. The molecule has 84 valence electrons. The van der Waals surface area contributed by atoms with E-state index in [1.165, 1.54) is 0 Å². The van der Waals surface area contributed by atoms with Crippen molar-refractivity contribution in [1.82, 2.24) is 0 Å². The van der Waals surface area contributed by atoms with Crippen LogP contribution in [-0.2, 0) is 0 Å². The lowest BCUT2D eigenvalue weighted by molar-refractivity contribution is 1.48. The molecular weight excluding hydrogens is 279 g/mol. The summed E-state index contributed by atoms with van der Waals surface area (Å²) in [5.74, 6) is 0. The van der Waals surface area contributed by atoms with Gasteiger partial charge >= 0.3 is 0 Å². The largest absolute Gasteiger partial charge is 0.143 e. The van der Waals surface area contributed by atoms with Crippen LogP contribution in [0.25, 0.3) is 0 Å². The SMILES string of the molecule is Sc1ccc(Cl)cc1.Sc1cccc(Cl)c1. The summed E-state index contributed by atoms with van der Waals surface area (Å²) in [7, 11) is 0. The van der Waals surface area contributed by atoms with E-state index in [0.717, 1.165) is 19.8 Å². The normalized spacial score (nSPS) is 9.25. The summed E-state index contributed by atoms with van der Waals surface area (Å²) in [4.78, 5) is 1.84. The number of rotatable bonds is 0. The molecule has 0 fully saturated rings. The second-order valence-electron chi connectivity index (χ2n) is 2.96. The molecule has 0 aliphatic rings. The Bertz CT molecular complexity index is 403. The predicted molar refractivity (Wildman–Crippen MR) is 77.4 cm³/mol. The highest BCUT2D eigenvalue weighted by atomic mass is 35.5.